The number of anilines is 1. The Balaban J connectivity index is 1.67. The normalized spacial score (nSPS) is 11.0. The van der Waals surface area contributed by atoms with Crippen LogP contribution in [0.2, 0.25) is 0 Å². The summed E-state index contributed by atoms with van der Waals surface area (Å²) in [5.74, 6) is 1.04. The standard InChI is InChI=1S/C20H23N5OS2/c1-4-25-19(15-10-12-17(13-11-15)28-24(2)3)22-23-20(25)27-14-18(26)21-16-8-6-5-7-9-16/h5-13H,4,14H2,1-3H3,(H,21,26). The van der Waals surface area contributed by atoms with E-state index in [0.29, 0.717) is 0 Å². The van der Waals surface area contributed by atoms with Crippen molar-refractivity contribution < 1.29 is 4.79 Å². The highest BCUT2D eigenvalue weighted by atomic mass is 32.2. The molecular formula is C20H23N5OS2. The lowest BCUT2D eigenvalue weighted by Gasteiger charge is -2.10. The van der Waals surface area contributed by atoms with Crippen LogP contribution in [0.1, 0.15) is 6.92 Å². The highest BCUT2D eigenvalue weighted by Crippen LogP contribution is 2.27. The van der Waals surface area contributed by atoms with Crippen LogP contribution in [-0.4, -0.2) is 44.8 Å². The van der Waals surface area contributed by atoms with E-state index in [1.165, 1.54) is 16.7 Å². The monoisotopic (exact) mass is 413 g/mol. The molecule has 0 aliphatic heterocycles. The van der Waals surface area contributed by atoms with E-state index < -0.39 is 0 Å². The zero-order chi connectivity index (χ0) is 19.9. The van der Waals surface area contributed by atoms with E-state index in [-0.39, 0.29) is 11.7 Å². The second-order valence-electron chi connectivity index (χ2n) is 6.18. The molecule has 2 aromatic carbocycles. The lowest BCUT2D eigenvalue weighted by Crippen LogP contribution is -2.14. The van der Waals surface area contributed by atoms with Crippen molar-refractivity contribution in [2.45, 2.75) is 23.5 Å². The number of nitrogens with one attached hydrogen (secondary N) is 1. The Labute approximate surface area is 173 Å². The van der Waals surface area contributed by atoms with E-state index in [0.717, 1.165) is 28.8 Å². The summed E-state index contributed by atoms with van der Waals surface area (Å²) in [7, 11) is 4.04. The third-order valence-corrected chi connectivity index (χ3v) is 5.64. The molecule has 28 heavy (non-hydrogen) atoms. The van der Waals surface area contributed by atoms with Crippen molar-refractivity contribution >= 4 is 35.3 Å². The third-order valence-electron chi connectivity index (χ3n) is 3.82. The third kappa shape index (κ3) is 5.37. The van der Waals surface area contributed by atoms with E-state index in [4.69, 9.17) is 0 Å². The summed E-state index contributed by atoms with van der Waals surface area (Å²) in [6, 6.07) is 17.7. The molecule has 0 unspecified atom stereocenters. The number of para-hydroxylation sites is 1. The van der Waals surface area contributed by atoms with Crippen molar-refractivity contribution in [1.82, 2.24) is 19.1 Å². The molecule has 3 aromatic rings. The van der Waals surface area contributed by atoms with Crippen LogP contribution in [0.25, 0.3) is 11.4 Å². The van der Waals surface area contributed by atoms with E-state index in [1.54, 1.807) is 11.9 Å². The highest BCUT2D eigenvalue weighted by Gasteiger charge is 2.15. The predicted molar refractivity (Wildman–Crippen MR) is 116 cm³/mol. The van der Waals surface area contributed by atoms with Crippen molar-refractivity contribution in [3.8, 4) is 11.4 Å². The predicted octanol–water partition coefficient (Wildman–Crippen LogP) is 4.26. The minimum absolute atomic E-state index is 0.0616. The molecule has 0 aliphatic carbocycles. The molecule has 0 atom stereocenters. The van der Waals surface area contributed by atoms with Crippen molar-refractivity contribution in [1.29, 1.82) is 0 Å². The van der Waals surface area contributed by atoms with Gasteiger partial charge < -0.3 is 9.88 Å². The zero-order valence-corrected chi connectivity index (χ0v) is 17.8. The number of thioether (sulfide) groups is 1. The lowest BCUT2D eigenvalue weighted by molar-refractivity contribution is -0.113. The molecule has 1 N–H and O–H groups in total. The van der Waals surface area contributed by atoms with Crippen molar-refractivity contribution in [3.05, 3.63) is 54.6 Å². The number of amides is 1. The molecule has 0 bridgehead atoms. The van der Waals surface area contributed by atoms with Crippen LogP contribution in [0.15, 0.2) is 64.6 Å². The first-order chi connectivity index (χ1) is 13.6. The molecule has 8 heteroatoms. The molecule has 6 nitrogen and oxygen atoms in total. The van der Waals surface area contributed by atoms with Gasteiger partial charge >= 0.3 is 0 Å². The van der Waals surface area contributed by atoms with Crippen molar-refractivity contribution in [2.24, 2.45) is 0 Å². The fourth-order valence-corrected chi connectivity index (χ4v) is 4.10. The Hall–Kier alpha value is -2.29. The largest absolute Gasteiger partial charge is 0.325 e. The van der Waals surface area contributed by atoms with Gasteiger partial charge in [-0.2, -0.15) is 0 Å². The fourth-order valence-electron chi connectivity index (χ4n) is 2.62. The molecule has 0 spiro atoms. The smallest absolute Gasteiger partial charge is 0.234 e. The average Bonchev–Trinajstić information content (AvgIpc) is 3.10. The van der Waals surface area contributed by atoms with Crippen molar-refractivity contribution in [2.75, 3.05) is 25.2 Å². The minimum Gasteiger partial charge on any atom is -0.325 e. The number of carbonyl (C=O) groups excluding carboxylic acids is 1. The first-order valence-electron chi connectivity index (χ1n) is 8.93. The van der Waals surface area contributed by atoms with E-state index in [2.05, 4.69) is 51.0 Å². The topological polar surface area (TPSA) is 63.1 Å². The van der Waals surface area contributed by atoms with Crippen molar-refractivity contribution in [3.63, 3.8) is 0 Å². The van der Waals surface area contributed by atoms with Gasteiger partial charge in [0.1, 0.15) is 0 Å². The molecule has 3 rings (SSSR count). The zero-order valence-electron chi connectivity index (χ0n) is 16.1. The van der Waals surface area contributed by atoms with Gasteiger partial charge in [-0.15, -0.1) is 10.2 Å². The molecule has 0 fully saturated rings. The fraction of sp³-hybridized carbons (Fsp3) is 0.250. The van der Waals surface area contributed by atoms with Gasteiger partial charge in [0, 0.05) is 22.7 Å². The number of nitrogens with zero attached hydrogens (tertiary/aromatic N) is 4. The van der Waals surface area contributed by atoms with Gasteiger partial charge in [0.25, 0.3) is 0 Å². The van der Waals surface area contributed by atoms with Gasteiger partial charge in [0.15, 0.2) is 11.0 Å². The number of hydrogen-bond acceptors (Lipinski definition) is 6. The first kappa shape index (κ1) is 20.4. The minimum atomic E-state index is -0.0616. The van der Waals surface area contributed by atoms with Gasteiger partial charge in [-0.1, -0.05) is 42.1 Å². The molecule has 0 aliphatic rings. The van der Waals surface area contributed by atoms with Crippen LogP contribution in [0, 0.1) is 0 Å². The summed E-state index contributed by atoms with van der Waals surface area (Å²) in [6.07, 6.45) is 0. The Bertz CT molecular complexity index is 910. The Morgan fingerprint density at radius 2 is 1.79 bits per heavy atom. The quantitative estimate of drug-likeness (QED) is 0.440. The van der Waals surface area contributed by atoms with Crippen LogP contribution in [0.3, 0.4) is 0 Å². The van der Waals surface area contributed by atoms with Crippen LogP contribution in [0.4, 0.5) is 5.69 Å². The number of hydrogen-bond donors (Lipinski definition) is 1. The summed E-state index contributed by atoms with van der Waals surface area (Å²) in [4.78, 5) is 13.4. The molecule has 1 amide bonds. The molecule has 0 saturated carbocycles. The van der Waals surface area contributed by atoms with E-state index >= 15 is 0 Å². The van der Waals surface area contributed by atoms with Gasteiger partial charge in [-0.05, 0) is 57.2 Å². The maximum Gasteiger partial charge on any atom is 0.234 e. The summed E-state index contributed by atoms with van der Waals surface area (Å²) >= 11 is 3.06. The van der Waals surface area contributed by atoms with Crippen LogP contribution >= 0.6 is 23.7 Å². The number of carbonyl (C=O) groups is 1. The molecule has 1 aromatic heterocycles. The lowest BCUT2D eigenvalue weighted by atomic mass is 10.2. The SMILES string of the molecule is CCn1c(SCC(=O)Nc2ccccc2)nnc1-c1ccc(SN(C)C)cc1. The first-order valence-corrected chi connectivity index (χ1v) is 10.7. The van der Waals surface area contributed by atoms with Gasteiger partial charge in [-0.25, -0.2) is 0 Å². The maximum atomic E-state index is 12.2. The van der Waals surface area contributed by atoms with E-state index in [9.17, 15) is 4.79 Å². The van der Waals surface area contributed by atoms with Gasteiger partial charge in [0.05, 0.1) is 5.75 Å². The van der Waals surface area contributed by atoms with Crippen LogP contribution < -0.4 is 5.32 Å². The summed E-state index contributed by atoms with van der Waals surface area (Å²) in [5.41, 5.74) is 1.81. The average molecular weight is 414 g/mol. The van der Waals surface area contributed by atoms with Crippen LogP contribution in [0.5, 0.6) is 0 Å². The highest BCUT2D eigenvalue weighted by molar-refractivity contribution is 7.99. The molecule has 0 radical (unpaired) electrons. The molecule has 146 valence electrons. The number of benzene rings is 2. The van der Waals surface area contributed by atoms with Crippen LogP contribution in [-0.2, 0) is 11.3 Å². The maximum absolute atomic E-state index is 12.2. The summed E-state index contributed by atoms with van der Waals surface area (Å²) < 4.78 is 4.09. The Morgan fingerprint density at radius 3 is 2.43 bits per heavy atom. The second-order valence-corrected chi connectivity index (χ2v) is 8.51. The Morgan fingerprint density at radius 1 is 1.07 bits per heavy atom. The molecular weight excluding hydrogens is 390 g/mol. The Kier molecular flexibility index (Phi) is 7.13. The van der Waals surface area contributed by atoms with Gasteiger partial charge in [0.2, 0.25) is 5.91 Å². The number of aromatic nitrogens is 3. The second kappa shape index (κ2) is 9.77. The number of rotatable bonds is 8. The van der Waals surface area contributed by atoms with Gasteiger partial charge in [-0.3, -0.25) is 9.10 Å². The summed E-state index contributed by atoms with van der Waals surface area (Å²) in [6.45, 7) is 2.79. The molecule has 1 heterocycles. The van der Waals surface area contributed by atoms with E-state index in [1.807, 2.05) is 49.0 Å². The molecule has 0 saturated heterocycles. The summed E-state index contributed by atoms with van der Waals surface area (Å²) in [5, 5.41) is 12.3.